The summed E-state index contributed by atoms with van der Waals surface area (Å²) in [6, 6.07) is 10.1. The highest BCUT2D eigenvalue weighted by Gasteiger charge is 2.41. The Balaban J connectivity index is 1.22. The van der Waals surface area contributed by atoms with Crippen LogP contribution in [0.2, 0.25) is 0 Å². The highest BCUT2D eigenvalue weighted by atomic mass is 19.1. The van der Waals surface area contributed by atoms with Crippen molar-refractivity contribution in [1.82, 2.24) is 24.7 Å². The van der Waals surface area contributed by atoms with Gasteiger partial charge in [0.05, 0.1) is 6.42 Å². The minimum atomic E-state index is -0.278. The van der Waals surface area contributed by atoms with Gasteiger partial charge in [-0.3, -0.25) is 4.79 Å². The number of amides is 1. The summed E-state index contributed by atoms with van der Waals surface area (Å²) in [5.74, 6) is 1.67. The summed E-state index contributed by atoms with van der Waals surface area (Å²) < 4.78 is 14.7. The molecule has 2 aliphatic heterocycles. The maximum Gasteiger partial charge on any atom is 0.227 e. The van der Waals surface area contributed by atoms with Gasteiger partial charge in [0.2, 0.25) is 5.91 Å². The molecule has 0 bridgehead atoms. The van der Waals surface area contributed by atoms with Crippen molar-refractivity contribution in [3.63, 3.8) is 0 Å². The number of hydrogen-bond acceptors (Lipinski definition) is 5. The Hall–Kier alpha value is -3.03. The zero-order valence-electron chi connectivity index (χ0n) is 14.7. The second-order valence-corrected chi connectivity index (χ2v) is 7.35. The number of carbonyl (C=O) groups excluding carboxylic acids is 1. The Morgan fingerprint density at radius 1 is 1.04 bits per heavy atom. The van der Waals surface area contributed by atoms with Crippen molar-refractivity contribution in [3.8, 4) is 0 Å². The van der Waals surface area contributed by atoms with E-state index in [0.29, 0.717) is 18.3 Å². The molecule has 2 aliphatic rings. The fourth-order valence-electron chi connectivity index (χ4n) is 4.16. The third-order valence-electron chi connectivity index (χ3n) is 5.58. The van der Waals surface area contributed by atoms with Crippen molar-refractivity contribution in [1.29, 1.82) is 0 Å². The average molecular weight is 366 g/mol. The predicted octanol–water partition coefficient (Wildman–Crippen LogP) is 1.40. The Bertz CT molecular complexity index is 973. The molecule has 1 aromatic carbocycles. The van der Waals surface area contributed by atoms with E-state index >= 15 is 0 Å². The second kappa shape index (κ2) is 6.29. The number of fused-ring (bicyclic) bond motifs is 2. The first-order valence-electron chi connectivity index (χ1n) is 9.10. The molecule has 0 radical (unpaired) electrons. The van der Waals surface area contributed by atoms with Gasteiger partial charge in [-0.2, -0.15) is 4.52 Å². The van der Waals surface area contributed by atoms with Crippen molar-refractivity contribution in [2.75, 3.05) is 31.1 Å². The molecule has 4 heterocycles. The molecular formula is C19H19FN6O. The molecule has 2 atom stereocenters. The summed E-state index contributed by atoms with van der Waals surface area (Å²) in [4.78, 5) is 16.8. The molecule has 2 fully saturated rings. The van der Waals surface area contributed by atoms with E-state index in [2.05, 4.69) is 20.2 Å². The SMILES string of the molecule is O=C(Cc1ccc(F)cc1)N1CC2CN(c3ccc4nncn4n3)CC2C1. The molecular weight excluding hydrogens is 347 g/mol. The van der Waals surface area contributed by atoms with Crippen LogP contribution in [0.3, 0.4) is 0 Å². The maximum absolute atomic E-state index is 13.0. The second-order valence-electron chi connectivity index (χ2n) is 7.35. The summed E-state index contributed by atoms with van der Waals surface area (Å²) in [5.41, 5.74) is 1.59. The first-order chi connectivity index (χ1) is 13.2. The van der Waals surface area contributed by atoms with Gasteiger partial charge in [0.25, 0.3) is 0 Å². The first-order valence-corrected chi connectivity index (χ1v) is 9.10. The number of rotatable bonds is 3. The van der Waals surface area contributed by atoms with Crippen LogP contribution in [0.25, 0.3) is 5.65 Å². The average Bonchev–Trinajstić information content (AvgIpc) is 3.36. The van der Waals surface area contributed by atoms with Crippen LogP contribution < -0.4 is 4.90 Å². The predicted molar refractivity (Wildman–Crippen MR) is 96.7 cm³/mol. The molecule has 2 saturated heterocycles. The van der Waals surface area contributed by atoms with Crippen LogP contribution in [0.1, 0.15) is 5.56 Å². The molecule has 0 aliphatic carbocycles. The minimum absolute atomic E-state index is 0.117. The number of likely N-dealkylation sites (tertiary alicyclic amines) is 1. The lowest BCUT2D eigenvalue weighted by atomic mass is 10.0. The molecule has 3 aromatic rings. The fraction of sp³-hybridized carbons (Fsp3) is 0.368. The Morgan fingerprint density at radius 3 is 2.52 bits per heavy atom. The van der Waals surface area contributed by atoms with E-state index in [0.717, 1.165) is 43.2 Å². The van der Waals surface area contributed by atoms with Gasteiger partial charge >= 0.3 is 0 Å². The summed E-state index contributed by atoms with van der Waals surface area (Å²) in [6.07, 6.45) is 1.93. The summed E-state index contributed by atoms with van der Waals surface area (Å²) >= 11 is 0. The van der Waals surface area contributed by atoms with E-state index in [1.807, 2.05) is 17.0 Å². The van der Waals surface area contributed by atoms with Gasteiger partial charge < -0.3 is 9.80 Å². The Labute approximate surface area is 155 Å². The minimum Gasteiger partial charge on any atom is -0.354 e. The van der Waals surface area contributed by atoms with Crippen LogP contribution in [0, 0.1) is 17.7 Å². The molecule has 0 spiro atoms. The number of anilines is 1. The topological polar surface area (TPSA) is 66.6 Å². The number of hydrogen-bond donors (Lipinski definition) is 0. The van der Waals surface area contributed by atoms with Gasteiger partial charge in [0.1, 0.15) is 18.0 Å². The van der Waals surface area contributed by atoms with Crippen molar-refractivity contribution in [3.05, 3.63) is 54.1 Å². The van der Waals surface area contributed by atoms with E-state index in [1.165, 1.54) is 12.1 Å². The highest BCUT2D eigenvalue weighted by molar-refractivity contribution is 5.79. The molecule has 5 rings (SSSR count). The van der Waals surface area contributed by atoms with Gasteiger partial charge in [0.15, 0.2) is 5.65 Å². The molecule has 138 valence electrons. The lowest BCUT2D eigenvalue weighted by Crippen LogP contribution is -2.34. The molecule has 1 amide bonds. The standard InChI is InChI=1S/C19H19FN6O/c20-16-3-1-13(2-4-16)7-19(27)25-10-14-8-24(9-15(14)11-25)18-6-5-17-22-21-12-26(17)23-18/h1-6,12,14-15H,7-11H2. The molecule has 8 heteroatoms. The summed E-state index contributed by atoms with van der Waals surface area (Å²) in [7, 11) is 0. The van der Waals surface area contributed by atoms with E-state index < -0.39 is 0 Å². The van der Waals surface area contributed by atoms with Crippen molar-refractivity contribution in [2.24, 2.45) is 11.8 Å². The Kier molecular flexibility index (Phi) is 3.77. The third kappa shape index (κ3) is 3.01. The number of halogens is 1. The van der Waals surface area contributed by atoms with Crippen LogP contribution in [-0.4, -0.2) is 56.8 Å². The molecule has 2 aromatic heterocycles. The molecule has 2 unspecified atom stereocenters. The molecule has 7 nitrogen and oxygen atoms in total. The monoisotopic (exact) mass is 366 g/mol. The third-order valence-corrected chi connectivity index (χ3v) is 5.58. The highest BCUT2D eigenvalue weighted by Crippen LogP contribution is 2.33. The van der Waals surface area contributed by atoms with E-state index in [-0.39, 0.29) is 11.7 Å². The van der Waals surface area contributed by atoms with Crippen LogP contribution in [0.15, 0.2) is 42.7 Å². The van der Waals surface area contributed by atoms with Gasteiger partial charge in [-0.05, 0) is 29.8 Å². The van der Waals surface area contributed by atoms with Gasteiger partial charge in [-0.25, -0.2) is 4.39 Å². The fourth-order valence-corrected chi connectivity index (χ4v) is 4.16. The summed E-state index contributed by atoms with van der Waals surface area (Å²) in [5, 5.41) is 12.4. The van der Waals surface area contributed by atoms with Crippen molar-refractivity contribution < 1.29 is 9.18 Å². The molecule has 0 saturated carbocycles. The molecule has 0 N–H and O–H groups in total. The van der Waals surface area contributed by atoms with Crippen molar-refractivity contribution in [2.45, 2.75) is 6.42 Å². The van der Waals surface area contributed by atoms with E-state index in [1.54, 1.807) is 23.0 Å². The molecule has 27 heavy (non-hydrogen) atoms. The van der Waals surface area contributed by atoms with Gasteiger partial charge in [0, 0.05) is 38.0 Å². The maximum atomic E-state index is 13.0. The summed E-state index contributed by atoms with van der Waals surface area (Å²) in [6.45, 7) is 3.34. The van der Waals surface area contributed by atoms with Crippen LogP contribution in [0.4, 0.5) is 10.2 Å². The van der Waals surface area contributed by atoms with Crippen LogP contribution >= 0.6 is 0 Å². The van der Waals surface area contributed by atoms with Crippen LogP contribution in [-0.2, 0) is 11.2 Å². The normalized spacial score (nSPS) is 21.8. The largest absolute Gasteiger partial charge is 0.354 e. The van der Waals surface area contributed by atoms with Gasteiger partial charge in [-0.15, -0.1) is 15.3 Å². The van der Waals surface area contributed by atoms with Crippen molar-refractivity contribution >= 4 is 17.4 Å². The number of aromatic nitrogens is 4. The number of carbonyl (C=O) groups is 1. The Morgan fingerprint density at radius 2 is 1.78 bits per heavy atom. The zero-order valence-corrected chi connectivity index (χ0v) is 14.7. The number of benzene rings is 1. The zero-order chi connectivity index (χ0) is 18.4. The van der Waals surface area contributed by atoms with E-state index in [4.69, 9.17) is 0 Å². The van der Waals surface area contributed by atoms with E-state index in [9.17, 15) is 9.18 Å². The van der Waals surface area contributed by atoms with Gasteiger partial charge in [-0.1, -0.05) is 12.1 Å². The lowest BCUT2D eigenvalue weighted by molar-refractivity contribution is -0.129. The lowest BCUT2D eigenvalue weighted by Gasteiger charge is -2.22. The first kappa shape index (κ1) is 16.2. The van der Waals surface area contributed by atoms with Crippen LogP contribution in [0.5, 0.6) is 0 Å². The smallest absolute Gasteiger partial charge is 0.227 e. The number of nitrogens with zero attached hydrogens (tertiary/aromatic N) is 6. The quantitative estimate of drug-likeness (QED) is 0.701.